The Morgan fingerprint density at radius 1 is 0.958 bits per heavy atom. The molecule has 0 atom stereocenters. The lowest BCUT2D eigenvalue weighted by Gasteiger charge is -2.35. The van der Waals surface area contributed by atoms with Crippen molar-refractivity contribution >= 4 is 24.3 Å². The van der Waals surface area contributed by atoms with Gasteiger partial charge in [0.2, 0.25) is 0 Å². The van der Waals surface area contributed by atoms with Gasteiger partial charge >= 0.3 is 11.9 Å². The first kappa shape index (κ1) is 25.4. The number of carbonyl (C=O) groups excluding carboxylic acids is 1. The van der Waals surface area contributed by atoms with E-state index in [0.717, 1.165) is 25.7 Å². The largest absolute Gasteiger partial charge is 0.480 e. The van der Waals surface area contributed by atoms with Gasteiger partial charge in [-0.25, -0.2) is 0 Å². The summed E-state index contributed by atoms with van der Waals surface area (Å²) < 4.78 is 4.99. The van der Waals surface area contributed by atoms with E-state index in [1.165, 1.54) is 0 Å². The number of aliphatic carboxylic acids is 1. The molecular weight excluding hydrogens is 336 g/mol. The normalized spacial score (nSPS) is 19.2. The summed E-state index contributed by atoms with van der Waals surface area (Å²) >= 11 is 0. The highest BCUT2D eigenvalue weighted by atomic mass is 35.5. The number of nitrogens with two attached hydrogens (primary N) is 2. The molecule has 0 unspecified atom stereocenters. The van der Waals surface area contributed by atoms with Gasteiger partial charge in [0.15, 0.2) is 0 Å². The van der Waals surface area contributed by atoms with Crippen molar-refractivity contribution in [1.29, 1.82) is 0 Å². The van der Waals surface area contributed by atoms with Crippen molar-refractivity contribution in [3.63, 3.8) is 0 Å². The van der Waals surface area contributed by atoms with Crippen molar-refractivity contribution in [2.24, 2.45) is 11.5 Å². The summed E-state index contributed by atoms with van der Waals surface area (Å²) in [5.74, 6) is -1.09. The van der Waals surface area contributed by atoms with Gasteiger partial charge in [0, 0.05) is 6.10 Å². The zero-order chi connectivity index (χ0) is 18.3. The second-order valence-electron chi connectivity index (χ2n) is 6.87. The highest BCUT2D eigenvalue weighted by molar-refractivity contribution is 5.85. The molecule has 0 saturated heterocycles. The Kier molecular flexibility index (Phi) is 11.5. The summed E-state index contributed by atoms with van der Waals surface area (Å²) in [5.41, 5.74) is 9.56. The molecule has 0 aliphatic heterocycles. The molecule has 2 rings (SSSR count). The SMILES string of the molecule is CC(C)O.CC(C)OC(=O)C1(N)CCC1.Cl.NC1(C(=O)O)CCC1. The van der Waals surface area contributed by atoms with Crippen LogP contribution in [0.25, 0.3) is 0 Å². The molecule has 24 heavy (non-hydrogen) atoms. The molecule has 2 aliphatic rings. The van der Waals surface area contributed by atoms with Crippen LogP contribution in [0.5, 0.6) is 0 Å². The van der Waals surface area contributed by atoms with E-state index in [-0.39, 0.29) is 30.6 Å². The van der Waals surface area contributed by atoms with Crippen LogP contribution in [0, 0.1) is 0 Å². The predicted octanol–water partition coefficient (Wildman–Crippen LogP) is 1.58. The van der Waals surface area contributed by atoms with Crippen LogP contribution in [-0.4, -0.2) is 45.4 Å². The summed E-state index contributed by atoms with van der Waals surface area (Å²) in [7, 11) is 0. The number of aliphatic hydroxyl groups is 1. The number of carboxylic acid groups (broad SMARTS) is 1. The van der Waals surface area contributed by atoms with Gasteiger partial charge in [-0.1, -0.05) is 0 Å². The molecule has 144 valence electrons. The summed E-state index contributed by atoms with van der Waals surface area (Å²) in [6, 6.07) is 0. The van der Waals surface area contributed by atoms with E-state index in [1.54, 1.807) is 13.8 Å². The van der Waals surface area contributed by atoms with E-state index in [9.17, 15) is 9.59 Å². The third-order valence-corrected chi connectivity index (χ3v) is 3.67. The maximum absolute atomic E-state index is 11.2. The quantitative estimate of drug-likeness (QED) is 0.555. The lowest BCUT2D eigenvalue weighted by atomic mass is 9.78. The van der Waals surface area contributed by atoms with Crippen LogP contribution in [-0.2, 0) is 14.3 Å². The van der Waals surface area contributed by atoms with Crippen molar-refractivity contribution in [2.45, 2.75) is 89.5 Å². The molecule has 0 aromatic rings. The summed E-state index contributed by atoms with van der Waals surface area (Å²) in [6.07, 6.45) is 4.62. The first-order chi connectivity index (χ1) is 10.4. The van der Waals surface area contributed by atoms with Crippen LogP contribution in [0.1, 0.15) is 66.2 Å². The number of halogens is 1. The van der Waals surface area contributed by atoms with Crippen LogP contribution in [0.15, 0.2) is 0 Å². The highest BCUT2D eigenvalue weighted by Crippen LogP contribution is 2.30. The number of carboxylic acids is 1. The summed E-state index contributed by atoms with van der Waals surface area (Å²) in [4.78, 5) is 21.4. The average Bonchev–Trinajstić information content (AvgIpc) is 2.32. The van der Waals surface area contributed by atoms with Gasteiger partial charge in [-0.3, -0.25) is 9.59 Å². The smallest absolute Gasteiger partial charge is 0.326 e. The minimum atomic E-state index is -0.861. The molecule has 0 aromatic carbocycles. The van der Waals surface area contributed by atoms with Crippen molar-refractivity contribution < 1.29 is 24.5 Å². The summed E-state index contributed by atoms with van der Waals surface area (Å²) in [5, 5.41) is 16.4. The predicted molar refractivity (Wildman–Crippen MR) is 95.0 cm³/mol. The Morgan fingerprint density at radius 2 is 1.29 bits per heavy atom. The Morgan fingerprint density at radius 3 is 1.42 bits per heavy atom. The zero-order valence-corrected chi connectivity index (χ0v) is 15.9. The molecule has 2 fully saturated rings. The Balaban J connectivity index is 0. The second kappa shape index (κ2) is 10.9. The highest BCUT2D eigenvalue weighted by Gasteiger charge is 2.42. The van der Waals surface area contributed by atoms with Gasteiger partial charge < -0.3 is 26.4 Å². The summed E-state index contributed by atoms with van der Waals surface area (Å²) in [6.45, 7) is 7.11. The van der Waals surface area contributed by atoms with Crippen LogP contribution in [0.4, 0.5) is 0 Å². The molecule has 0 aromatic heterocycles. The number of esters is 1. The fourth-order valence-corrected chi connectivity index (χ4v) is 1.86. The lowest BCUT2D eigenvalue weighted by molar-refractivity contribution is -0.157. The van der Waals surface area contributed by atoms with Gasteiger partial charge in [-0.2, -0.15) is 0 Å². The van der Waals surface area contributed by atoms with Crippen molar-refractivity contribution in [3.05, 3.63) is 0 Å². The minimum absolute atomic E-state index is 0. The number of hydrogen-bond acceptors (Lipinski definition) is 6. The molecule has 0 amide bonds. The van der Waals surface area contributed by atoms with E-state index in [2.05, 4.69) is 0 Å². The maximum atomic E-state index is 11.2. The molecule has 2 saturated carbocycles. The molecular formula is C16H33ClN2O5. The fourth-order valence-electron chi connectivity index (χ4n) is 1.86. The first-order valence-electron chi connectivity index (χ1n) is 8.13. The van der Waals surface area contributed by atoms with E-state index in [4.69, 9.17) is 26.4 Å². The van der Waals surface area contributed by atoms with Crippen molar-refractivity contribution in [3.8, 4) is 0 Å². The van der Waals surface area contributed by atoms with E-state index in [1.807, 2.05) is 13.8 Å². The number of ether oxygens (including phenoxy) is 1. The van der Waals surface area contributed by atoms with Crippen LogP contribution in [0.3, 0.4) is 0 Å². The molecule has 7 nitrogen and oxygen atoms in total. The van der Waals surface area contributed by atoms with E-state index >= 15 is 0 Å². The Hall–Kier alpha value is -0.890. The first-order valence-corrected chi connectivity index (χ1v) is 8.13. The number of rotatable bonds is 3. The topological polar surface area (TPSA) is 136 Å². The monoisotopic (exact) mass is 368 g/mol. The van der Waals surface area contributed by atoms with Crippen LogP contribution < -0.4 is 11.5 Å². The molecule has 0 bridgehead atoms. The molecule has 0 spiro atoms. The van der Waals surface area contributed by atoms with Gasteiger partial charge in [0.25, 0.3) is 0 Å². The fraction of sp³-hybridized carbons (Fsp3) is 0.875. The Bertz CT molecular complexity index is 391. The van der Waals surface area contributed by atoms with Gasteiger partial charge in [-0.05, 0) is 66.2 Å². The second-order valence-corrected chi connectivity index (χ2v) is 6.87. The lowest BCUT2D eigenvalue weighted by Crippen LogP contribution is -2.54. The number of hydrogen-bond donors (Lipinski definition) is 4. The number of carbonyl (C=O) groups is 2. The number of aliphatic hydroxyl groups excluding tert-OH is 1. The molecule has 0 radical (unpaired) electrons. The minimum Gasteiger partial charge on any atom is -0.480 e. The molecule has 2 aliphatic carbocycles. The van der Waals surface area contributed by atoms with Crippen LogP contribution >= 0.6 is 12.4 Å². The van der Waals surface area contributed by atoms with Gasteiger partial charge in [-0.15, -0.1) is 12.4 Å². The molecule has 0 heterocycles. The maximum Gasteiger partial charge on any atom is 0.326 e. The Labute approximate surface area is 150 Å². The molecule has 6 N–H and O–H groups in total. The van der Waals surface area contributed by atoms with Crippen molar-refractivity contribution in [2.75, 3.05) is 0 Å². The van der Waals surface area contributed by atoms with Crippen molar-refractivity contribution in [1.82, 2.24) is 0 Å². The van der Waals surface area contributed by atoms with Gasteiger partial charge in [0.05, 0.1) is 6.10 Å². The zero-order valence-electron chi connectivity index (χ0n) is 15.1. The third kappa shape index (κ3) is 8.82. The average molecular weight is 369 g/mol. The standard InChI is InChI=1S/C8H15NO2.C5H9NO2.C3H8O.ClH/c1-6(2)11-7(10)8(9)4-3-5-8;6-5(4(7)8)2-1-3-5;1-3(2)4;/h6H,3-5,9H2,1-2H3;1-3,6H2,(H,7,8);3-4H,1-2H3;1H. The molecule has 8 heteroatoms. The third-order valence-electron chi connectivity index (χ3n) is 3.67. The van der Waals surface area contributed by atoms with Gasteiger partial charge in [0.1, 0.15) is 11.1 Å². The van der Waals surface area contributed by atoms with E-state index in [0.29, 0.717) is 12.8 Å². The van der Waals surface area contributed by atoms with E-state index < -0.39 is 17.0 Å². The van der Waals surface area contributed by atoms with Crippen LogP contribution in [0.2, 0.25) is 0 Å².